The fourth-order valence-corrected chi connectivity index (χ4v) is 1.14. The number of aromatic hydroxyl groups is 1. The lowest BCUT2D eigenvalue weighted by Crippen LogP contribution is -2.20. The highest BCUT2D eigenvalue weighted by Crippen LogP contribution is 2.02. The number of rotatable bonds is 2. The van der Waals surface area contributed by atoms with Crippen LogP contribution in [-0.4, -0.2) is 5.11 Å². The van der Waals surface area contributed by atoms with Crippen molar-refractivity contribution in [1.82, 2.24) is 5.43 Å². The molecule has 0 saturated heterocycles. The van der Waals surface area contributed by atoms with Gasteiger partial charge in [-0.2, -0.15) is 0 Å². The van der Waals surface area contributed by atoms with Gasteiger partial charge in [-0.1, -0.05) is 48.5 Å². The maximum atomic E-state index is 8.63. The van der Waals surface area contributed by atoms with E-state index in [0.29, 0.717) is 5.75 Å². The Morgan fingerprint density at radius 1 is 0.875 bits per heavy atom. The maximum Gasteiger partial charge on any atom is 0.115 e. The zero-order valence-electron chi connectivity index (χ0n) is 9.01. The number of phenolic OH excluding ortho intramolecular Hbond substituents is 1. The van der Waals surface area contributed by atoms with E-state index >= 15 is 0 Å². The molecule has 2 rings (SSSR count). The molecule has 84 valence electrons. The average Bonchev–Trinajstić information content (AvgIpc) is 2.33. The zero-order chi connectivity index (χ0) is 11.6. The number of para-hydroxylation sites is 1. The van der Waals surface area contributed by atoms with Crippen LogP contribution < -0.4 is 11.3 Å². The third-order valence-corrected chi connectivity index (χ3v) is 1.91. The summed E-state index contributed by atoms with van der Waals surface area (Å²) in [6.07, 6.45) is 0. The second kappa shape index (κ2) is 7.45. The second-order valence-electron chi connectivity index (χ2n) is 3.20. The van der Waals surface area contributed by atoms with Gasteiger partial charge < -0.3 is 5.11 Å². The van der Waals surface area contributed by atoms with Crippen LogP contribution in [0.4, 0.5) is 0 Å². The van der Waals surface area contributed by atoms with Crippen LogP contribution in [0.25, 0.3) is 0 Å². The SMILES string of the molecule is NNCc1ccccc1.Oc1ccccc1. The Labute approximate surface area is 95.5 Å². The van der Waals surface area contributed by atoms with E-state index in [1.807, 2.05) is 36.4 Å². The topological polar surface area (TPSA) is 58.3 Å². The lowest BCUT2D eigenvalue weighted by atomic mass is 10.2. The molecule has 0 saturated carbocycles. The molecule has 0 aliphatic heterocycles. The monoisotopic (exact) mass is 216 g/mol. The van der Waals surface area contributed by atoms with Crippen LogP contribution >= 0.6 is 0 Å². The van der Waals surface area contributed by atoms with E-state index in [4.69, 9.17) is 10.9 Å². The summed E-state index contributed by atoms with van der Waals surface area (Å²) >= 11 is 0. The standard InChI is InChI=1S/C7H10N2.C6H6O/c8-9-6-7-4-2-1-3-5-7;7-6-4-2-1-3-5-6/h1-5,9H,6,8H2;1-5,7H. The van der Waals surface area contributed by atoms with Gasteiger partial charge in [0.15, 0.2) is 0 Å². The highest BCUT2D eigenvalue weighted by atomic mass is 16.3. The van der Waals surface area contributed by atoms with Gasteiger partial charge >= 0.3 is 0 Å². The predicted octanol–water partition coefficient (Wildman–Crippen LogP) is 2.04. The third-order valence-electron chi connectivity index (χ3n) is 1.91. The van der Waals surface area contributed by atoms with E-state index < -0.39 is 0 Å². The normalized spacial score (nSPS) is 9.06. The van der Waals surface area contributed by atoms with E-state index in [2.05, 4.69) is 5.43 Å². The molecule has 0 heterocycles. The lowest BCUT2D eigenvalue weighted by Gasteiger charge is -1.95. The van der Waals surface area contributed by atoms with E-state index in [-0.39, 0.29) is 0 Å². The Morgan fingerprint density at radius 2 is 1.38 bits per heavy atom. The first-order chi connectivity index (χ1) is 7.83. The van der Waals surface area contributed by atoms with E-state index in [1.54, 1.807) is 24.3 Å². The summed E-state index contributed by atoms with van der Waals surface area (Å²) in [7, 11) is 0. The third kappa shape index (κ3) is 5.14. The highest BCUT2D eigenvalue weighted by molar-refractivity contribution is 5.18. The second-order valence-corrected chi connectivity index (χ2v) is 3.20. The van der Waals surface area contributed by atoms with Crippen LogP contribution in [0.15, 0.2) is 60.7 Å². The van der Waals surface area contributed by atoms with Gasteiger partial charge in [0.05, 0.1) is 0 Å². The number of hydrogen-bond donors (Lipinski definition) is 3. The van der Waals surface area contributed by atoms with E-state index in [0.717, 1.165) is 6.54 Å². The van der Waals surface area contributed by atoms with Crippen molar-refractivity contribution >= 4 is 0 Å². The average molecular weight is 216 g/mol. The van der Waals surface area contributed by atoms with Crippen molar-refractivity contribution in [2.45, 2.75) is 6.54 Å². The van der Waals surface area contributed by atoms with Crippen LogP contribution in [0.5, 0.6) is 5.75 Å². The van der Waals surface area contributed by atoms with Gasteiger partial charge in [-0.25, -0.2) is 0 Å². The molecule has 0 atom stereocenters. The highest BCUT2D eigenvalue weighted by Gasteiger charge is 1.83. The first-order valence-electron chi connectivity index (χ1n) is 5.04. The van der Waals surface area contributed by atoms with Crippen molar-refractivity contribution < 1.29 is 5.11 Å². The molecule has 2 aromatic carbocycles. The molecule has 0 radical (unpaired) electrons. The number of hydrogen-bond acceptors (Lipinski definition) is 3. The predicted molar refractivity (Wildman–Crippen MR) is 65.6 cm³/mol. The molecule has 0 unspecified atom stereocenters. The summed E-state index contributed by atoms with van der Waals surface area (Å²) in [5.41, 5.74) is 3.79. The quantitative estimate of drug-likeness (QED) is 0.532. The summed E-state index contributed by atoms with van der Waals surface area (Å²) in [6.45, 7) is 0.737. The van der Waals surface area contributed by atoms with Crippen molar-refractivity contribution in [3.8, 4) is 5.75 Å². The van der Waals surface area contributed by atoms with Crippen LogP contribution in [0.2, 0.25) is 0 Å². The summed E-state index contributed by atoms with van der Waals surface area (Å²) in [4.78, 5) is 0. The summed E-state index contributed by atoms with van der Waals surface area (Å²) < 4.78 is 0. The number of hydrazine groups is 1. The maximum absolute atomic E-state index is 8.63. The molecule has 0 aliphatic rings. The fraction of sp³-hybridized carbons (Fsp3) is 0.0769. The van der Waals surface area contributed by atoms with Crippen molar-refractivity contribution in [2.24, 2.45) is 5.84 Å². The van der Waals surface area contributed by atoms with Gasteiger partial charge in [-0.15, -0.1) is 0 Å². The minimum Gasteiger partial charge on any atom is -0.508 e. The van der Waals surface area contributed by atoms with Crippen molar-refractivity contribution in [3.05, 3.63) is 66.2 Å². The van der Waals surface area contributed by atoms with E-state index in [9.17, 15) is 0 Å². The van der Waals surface area contributed by atoms with Crippen LogP contribution in [0.1, 0.15) is 5.56 Å². The molecule has 3 nitrogen and oxygen atoms in total. The molecule has 2 aromatic rings. The molecule has 16 heavy (non-hydrogen) atoms. The summed E-state index contributed by atoms with van der Waals surface area (Å²) in [6, 6.07) is 18.7. The Kier molecular flexibility index (Phi) is 5.70. The number of nitrogens with two attached hydrogens (primary N) is 1. The Hall–Kier alpha value is -1.84. The minimum absolute atomic E-state index is 0.322. The van der Waals surface area contributed by atoms with Crippen molar-refractivity contribution in [2.75, 3.05) is 0 Å². The van der Waals surface area contributed by atoms with Gasteiger partial charge in [0.2, 0.25) is 0 Å². The number of benzene rings is 2. The molecule has 0 fully saturated rings. The molecule has 0 amide bonds. The molecular weight excluding hydrogens is 200 g/mol. The Morgan fingerprint density at radius 3 is 1.75 bits per heavy atom. The number of phenols is 1. The molecule has 4 N–H and O–H groups in total. The molecule has 0 aliphatic carbocycles. The Balaban J connectivity index is 0.000000165. The van der Waals surface area contributed by atoms with Gasteiger partial charge in [0.25, 0.3) is 0 Å². The van der Waals surface area contributed by atoms with Crippen LogP contribution in [-0.2, 0) is 6.54 Å². The first kappa shape index (κ1) is 12.2. The smallest absolute Gasteiger partial charge is 0.115 e. The van der Waals surface area contributed by atoms with Gasteiger partial charge in [0.1, 0.15) is 5.75 Å². The minimum atomic E-state index is 0.322. The summed E-state index contributed by atoms with van der Waals surface area (Å²) in [5.74, 6) is 5.43. The first-order valence-corrected chi connectivity index (χ1v) is 5.04. The Bertz CT molecular complexity index is 376. The molecule has 0 spiro atoms. The van der Waals surface area contributed by atoms with Gasteiger partial charge in [-0.3, -0.25) is 11.3 Å². The lowest BCUT2D eigenvalue weighted by molar-refractivity contribution is 0.475. The van der Waals surface area contributed by atoms with Crippen LogP contribution in [0.3, 0.4) is 0 Å². The molecule has 3 heteroatoms. The molecule has 0 aromatic heterocycles. The fourth-order valence-electron chi connectivity index (χ4n) is 1.14. The largest absolute Gasteiger partial charge is 0.508 e. The number of nitrogens with one attached hydrogen (secondary N) is 1. The van der Waals surface area contributed by atoms with E-state index in [1.165, 1.54) is 5.56 Å². The molecule has 0 bridgehead atoms. The van der Waals surface area contributed by atoms with Crippen molar-refractivity contribution in [3.63, 3.8) is 0 Å². The van der Waals surface area contributed by atoms with Crippen molar-refractivity contribution in [1.29, 1.82) is 0 Å². The van der Waals surface area contributed by atoms with Gasteiger partial charge in [-0.05, 0) is 17.7 Å². The van der Waals surface area contributed by atoms with Gasteiger partial charge in [0, 0.05) is 6.54 Å². The molecular formula is C13H16N2O. The summed E-state index contributed by atoms with van der Waals surface area (Å²) in [5, 5.41) is 8.63. The zero-order valence-corrected chi connectivity index (χ0v) is 9.01. The van der Waals surface area contributed by atoms with Crippen LogP contribution in [0, 0.1) is 0 Å².